The number of aryl methyl sites for hydroxylation is 1. The topological polar surface area (TPSA) is 72.0 Å². The number of sulfone groups is 1. The molecule has 1 aliphatic heterocycles. The lowest BCUT2D eigenvalue weighted by molar-refractivity contribution is 0.452. The third-order valence-corrected chi connectivity index (χ3v) is 5.32. The van der Waals surface area contributed by atoms with Crippen molar-refractivity contribution < 1.29 is 8.42 Å². The van der Waals surface area contributed by atoms with Crippen LogP contribution in [0.1, 0.15) is 30.3 Å². The summed E-state index contributed by atoms with van der Waals surface area (Å²) in [5, 5.41) is 3.37. The van der Waals surface area contributed by atoms with Crippen molar-refractivity contribution in [2.45, 2.75) is 30.6 Å². The normalized spacial score (nSPS) is 16.4. The number of piperidine rings is 1. The number of hydrogen-bond acceptors (Lipinski definition) is 5. The third-order valence-electron chi connectivity index (χ3n) is 4.19. The number of aromatic nitrogens is 2. The largest absolute Gasteiger partial charge is 0.317 e. The molecule has 2 heterocycles. The van der Waals surface area contributed by atoms with Crippen LogP contribution in [0.3, 0.4) is 0 Å². The average molecular weight is 331 g/mol. The summed E-state index contributed by atoms with van der Waals surface area (Å²) in [5.41, 5.74) is 2.85. The maximum absolute atomic E-state index is 11.6. The summed E-state index contributed by atoms with van der Waals surface area (Å²) >= 11 is 0. The molecule has 122 valence electrons. The standard InChI is InChI=1S/C17H21N3O2S/c1-12-19-16(11-17(20-12)14-7-9-18-10-8-14)13-3-5-15(6-4-13)23(2,21)22/h3-6,11,14,18H,7-10H2,1-2H3. The van der Waals surface area contributed by atoms with Gasteiger partial charge in [0.25, 0.3) is 0 Å². The molecule has 1 aromatic carbocycles. The van der Waals surface area contributed by atoms with Crippen LogP contribution in [0.2, 0.25) is 0 Å². The molecule has 1 saturated heterocycles. The third kappa shape index (κ3) is 3.76. The van der Waals surface area contributed by atoms with Crippen LogP contribution < -0.4 is 5.32 Å². The fraction of sp³-hybridized carbons (Fsp3) is 0.412. The lowest BCUT2D eigenvalue weighted by Gasteiger charge is -2.22. The minimum absolute atomic E-state index is 0.325. The first-order valence-electron chi connectivity index (χ1n) is 7.80. The molecule has 0 saturated carbocycles. The fourth-order valence-electron chi connectivity index (χ4n) is 2.94. The van der Waals surface area contributed by atoms with Gasteiger partial charge in [-0.25, -0.2) is 18.4 Å². The van der Waals surface area contributed by atoms with Gasteiger partial charge in [0.1, 0.15) is 5.82 Å². The first-order valence-corrected chi connectivity index (χ1v) is 9.69. The van der Waals surface area contributed by atoms with Crippen LogP contribution in [0.4, 0.5) is 0 Å². The van der Waals surface area contributed by atoms with Crippen LogP contribution in [-0.2, 0) is 9.84 Å². The van der Waals surface area contributed by atoms with Gasteiger partial charge in [0.05, 0.1) is 10.6 Å². The van der Waals surface area contributed by atoms with E-state index in [9.17, 15) is 8.42 Å². The number of benzene rings is 1. The van der Waals surface area contributed by atoms with Crippen molar-refractivity contribution in [1.29, 1.82) is 0 Å². The second-order valence-corrected chi connectivity index (χ2v) is 8.06. The summed E-state index contributed by atoms with van der Waals surface area (Å²) < 4.78 is 23.1. The second kappa shape index (κ2) is 6.37. The molecule has 1 N–H and O–H groups in total. The van der Waals surface area contributed by atoms with Gasteiger partial charge in [-0.2, -0.15) is 0 Å². The Bertz CT molecular complexity index is 795. The summed E-state index contributed by atoms with van der Waals surface area (Å²) in [7, 11) is -3.17. The Morgan fingerprint density at radius 1 is 1.09 bits per heavy atom. The molecular weight excluding hydrogens is 310 g/mol. The van der Waals surface area contributed by atoms with Crippen molar-refractivity contribution >= 4 is 9.84 Å². The van der Waals surface area contributed by atoms with Gasteiger partial charge in [0.2, 0.25) is 0 Å². The van der Waals surface area contributed by atoms with E-state index in [0.717, 1.165) is 48.7 Å². The van der Waals surface area contributed by atoms with Crippen LogP contribution in [0.15, 0.2) is 35.2 Å². The van der Waals surface area contributed by atoms with Gasteiger partial charge in [-0.15, -0.1) is 0 Å². The molecule has 1 aliphatic rings. The van der Waals surface area contributed by atoms with E-state index >= 15 is 0 Å². The summed E-state index contributed by atoms with van der Waals surface area (Å²) in [6.07, 6.45) is 3.39. The molecule has 1 aromatic heterocycles. The first-order chi connectivity index (χ1) is 10.9. The lowest BCUT2D eigenvalue weighted by Crippen LogP contribution is -2.27. The number of hydrogen-bond donors (Lipinski definition) is 1. The number of rotatable bonds is 3. The molecule has 5 nitrogen and oxygen atoms in total. The highest BCUT2D eigenvalue weighted by molar-refractivity contribution is 7.90. The van der Waals surface area contributed by atoms with Crippen LogP contribution in [-0.4, -0.2) is 37.7 Å². The maximum Gasteiger partial charge on any atom is 0.175 e. The smallest absolute Gasteiger partial charge is 0.175 e. The van der Waals surface area contributed by atoms with Gasteiger partial charge in [0.15, 0.2) is 9.84 Å². The molecule has 0 unspecified atom stereocenters. The number of nitrogens with one attached hydrogen (secondary N) is 1. The molecule has 0 atom stereocenters. The SMILES string of the molecule is Cc1nc(-c2ccc(S(C)(=O)=O)cc2)cc(C2CCNCC2)n1. The Hall–Kier alpha value is -1.79. The summed E-state index contributed by atoms with van der Waals surface area (Å²) in [5.74, 6) is 1.22. The van der Waals surface area contributed by atoms with Crippen LogP contribution in [0.25, 0.3) is 11.3 Å². The summed E-state index contributed by atoms with van der Waals surface area (Å²) in [4.78, 5) is 9.44. The van der Waals surface area contributed by atoms with Crippen molar-refractivity contribution in [3.8, 4) is 11.3 Å². The Kier molecular flexibility index (Phi) is 4.46. The molecule has 0 radical (unpaired) electrons. The maximum atomic E-state index is 11.6. The van der Waals surface area contributed by atoms with Crippen molar-refractivity contribution in [3.05, 3.63) is 41.9 Å². The highest BCUT2D eigenvalue weighted by Crippen LogP contribution is 2.27. The van der Waals surface area contributed by atoms with Gasteiger partial charge in [0, 0.05) is 23.4 Å². The second-order valence-electron chi connectivity index (χ2n) is 6.05. The predicted molar refractivity (Wildman–Crippen MR) is 90.2 cm³/mol. The Balaban J connectivity index is 1.94. The van der Waals surface area contributed by atoms with E-state index < -0.39 is 9.84 Å². The van der Waals surface area contributed by atoms with E-state index in [0.29, 0.717) is 10.8 Å². The average Bonchev–Trinajstić information content (AvgIpc) is 2.54. The van der Waals surface area contributed by atoms with E-state index in [-0.39, 0.29) is 0 Å². The van der Waals surface area contributed by atoms with E-state index in [1.165, 1.54) is 6.26 Å². The zero-order valence-electron chi connectivity index (χ0n) is 13.4. The van der Waals surface area contributed by atoms with E-state index in [1.807, 2.05) is 25.1 Å². The van der Waals surface area contributed by atoms with Gasteiger partial charge in [-0.05, 0) is 51.1 Å². The molecule has 2 aromatic rings. The quantitative estimate of drug-likeness (QED) is 0.934. The molecule has 0 amide bonds. The molecule has 1 fully saturated rings. The molecule has 6 heteroatoms. The Labute approximate surface area is 137 Å². The summed E-state index contributed by atoms with van der Waals surface area (Å²) in [6.45, 7) is 3.94. The lowest BCUT2D eigenvalue weighted by atomic mass is 9.93. The van der Waals surface area contributed by atoms with Crippen molar-refractivity contribution in [2.24, 2.45) is 0 Å². The molecular formula is C17H21N3O2S. The number of nitrogens with zero attached hydrogens (tertiary/aromatic N) is 2. The zero-order chi connectivity index (χ0) is 16.4. The van der Waals surface area contributed by atoms with Crippen LogP contribution in [0.5, 0.6) is 0 Å². The van der Waals surface area contributed by atoms with E-state index in [1.54, 1.807) is 12.1 Å². The van der Waals surface area contributed by atoms with Gasteiger partial charge < -0.3 is 5.32 Å². The Morgan fingerprint density at radius 2 is 1.74 bits per heavy atom. The molecule has 3 rings (SSSR count). The Morgan fingerprint density at radius 3 is 2.35 bits per heavy atom. The minimum atomic E-state index is -3.17. The molecule has 0 spiro atoms. The highest BCUT2D eigenvalue weighted by atomic mass is 32.2. The first kappa shape index (κ1) is 16.1. The predicted octanol–water partition coefficient (Wildman–Crippen LogP) is 2.32. The minimum Gasteiger partial charge on any atom is -0.317 e. The van der Waals surface area contributed by atoms with E-state index in [2.05, 4.69) is 15.3 Å². The highest BCUT2D eigenvalue weighted by Gasteiger charge is 2.18. The van der Waals surface area contributed by atoms with Crippen LogP contribution in [0, 0.1) is 6.92 Å². The van der Waals surface area contributed by atoms with Gasteiger partial charge >= 0.3 is 0 Å². The summed E-state index contributed by atoms with van der Waals surface area (Å²) in [6, 6.07) is 8.92. The fourth-order valence-corrected chi connectivity index (χ4v) is 3.57. The van der Waals surface area contributed by atoms with Crippen LogP contribution >= 0.6 is 0 Å². The zero-order valence-corrected chi connectivity index (χ0v) is 14.2. The molecule has 0 bridgehead atoms. The van der Waals surface area contributed by atoms with Crippen molar-refractivity contribution in [1.82, 2.24) is 15.3 Å². The van der Waals surface area contributed by atoms with Crippen molar-refractivity contribution in [2.75, 3.05) is 19.3 Å². The van der Waals surface area contributed by atoms with E-state index in [4.69, 9.17) is 0 Å². The van der Waals surface area contributed by atoms with Gasteiger partial charge in [-0.3, -0.25) is 0 Å². The van der Waals surface area contributed by atoms with Gasteiger partial charge in [-0.1, -0.05) is 12.1 Å². The monoisotopic (exact) mass is 331 g/mol. The van der Waals surface area contributed by atoms with Crippen molar-refractivity contribution in [3.63, 3.8) is 0 Å². The molecule has 0 aliphatic carbocycles. The molecule has 23 heavy (non-hydrogen) atoms.